The molecule has 1 aromatic carbocycles. The number of methoxy groups -OCH3 is 1. The molecule has 1 aromatic rings. The second-order valence-corrected chi connectivity index (χ2v) is 3.08. The van der Waals surface area contributed by atoms with Crippen molar-refractivity contribution in [2.75, 3.05) is 12.4 Å². The molecule has 2 amide bonds. The fraction of sp³-hybridized carbons (Fsp3) is 0.111. The number of anilines is 1. The number of carbonyl (C=O) groups excluding carboxylic acids is 2. The number of rotatable bonds is 2. The maximum absolute atomic E-state index is 11.2. The Morgan fingerprint density at radius 2 is 2.13 bits per heavy atom. The molecule has 0 aromatic heterocycles. The molecule has 0 heterocycles. The molecule has 0 saturated carbocycles. The average Bonchev–Trinajstić information content (AvgIpc) is 2.19. The molecule has 1 rings (SSSR count). The minimum Gasteiger partial charge on any atom is -0.465 e. The number of nitrogens with one attached hydrogen (secondary N) is 1. The summed E-state index contributed by atoms with van der Waals surface area (Å²) in [6.45, 7) is 0. The van der Waals surface area contributed by atoms with Crippen LogP contribution in [0.1, 0.15) is 10.4 Å². The van der Waals surface area contributed by atoms with Gasteiger partial charge in [-0.2, -0.15) is 0 Å². The predicted octanol–water partition coefficient (Wildman–Crippen LogP) is 1.62. The van der Waals surface area contributed by atoms with Crippen molar-refractivity contribution in [1.29, 1.82) is 0 Å². The molecule has 0 unspecified atom stereocenters. The van der Waals surface area contributed by atoms with Crippen LogP contribution in [0.3, 0.4) is 0 Å². The minimum absolute atomic E-state index is 0.270. The zero-order chi connectivity index (χ0) is 11.4. The second kappa shape index (κ2) is 4.65. The Labute approximate surface area is 91.2 Å². The van der Waals surface area contributed by atoms with Crippen molar-refractivity contribution >= 4 is 29.3 Å². The molecule has 0 spiro atoms. The fourth-order valence-corrected chi connectivity index (χ4v) is 1.16. The summed E-state index contributed by atoms with van der Waals surface area (Å²) in [5.74, 6) is -0.515. The number of esters is 1. The SMILES string of the molecule is COC(=O)c1ccc(Cl)c(NC(N)=O)c1. The number of ether oxygens (including phenoxy) is 1. The van der Waals surface area contributed by atoms with E-state index in [0.29, 0.717) is 5.02 Å². The van der Waals surface area contributed by atoms with E-state index in [0.717, 1.165) is 0 Å². The lowest BCUT2D eigenvalue weighted by atomic mass is 10.2. The van der Waals surface area contributed by atoms with Gasteiger partial charge in [-0.3, -0.25) is 0 Å². The third-order valence-corrected chi connectivity index (χ3v) is 1.97. The van der Waals surface area contributed by atoms with E-state index in [9.17, 15) is 9.59 Å². The van der Waals surface area contributed by atoms with E-state index >= 15 is 0 Å². The zero-order valence-corrected chi connectivity index (χ0v) is 8.67. The molecule has 0 aliphatic heterocycles. The first-order valence-electron chi connectivity index (χ1n) is 3.99. The zero-order valence-electron chi connectivity index (χ0n) is 7.91. The Hall–Kier alpha value is -1.75. The van der Waals surface area contributed by atoms with E-state index in [1.54, 1.807) is 0 Å². The Bertz CT molecular complexity index is 406. The Kier molecular flexibility index (Phi) is 3.51. The molecule has 80 valence electrons. The summed E-state index contributed by atoms with van der Waals surface area (Å²) >= 11 is 5.77. The van der Waals surface area contributed by atoms with Gasteiger partial charge in [0.15, 0.2) is 0 Å². The van der Waals surface area contributed by atoms with Gasteiger partial charge in [-0.05, 0) is 18.2 Å². The van der Waals surface area contributed by atoms with Crippen molar-refractivity contribution in [3.8, 4) is 0 Å². The van der Waals surface area contributed by atoms with Gasteiger partial charge in [0.25, 0.3) is 0 Å². The summed E-state index contributed by atoms with van der Waals surface area (Å²) in [7, 11) is 1.26. The van der Waals surface area contributed by atoms with Crippen LogP contribution < -0.4 is 11.1 Å². The summed E-state index contributed by atoms with van der Waals surface area (Å²) in [5.41, 5.74) is 5.48. The van der Waals surface area contributed by atoms with Gasteiger partial charge in [0.05, 0.1) is 23.4 Å². The predicted molar refractivity (Wildman–Crippen MR) is 56.0 cm³/mol. The normalized spacial score (nSPS) is 9.47. The summed E-state index contributed by atoms with van der Waals surface area (Å²) in [6.07, 6.45) is 0. The van der Waals surface area contributed by atoms with Crippen LogP contribution in [0.5, 0.6) is 0 Å². The van der Waals surface area contributed by atoms with Gasteiger partial charge < -0.3 is 15.8 Å². The van der Waals surface area contributed by atoms with Crippen LogP contribution in [0.2, 0.25) is 5.02 Å². The maximum atomic E-state index is 11.2. The molecule has 0 aliphatic rings. The van der Waals surface area contributed by atoms with E-state index in [2.05, 4.69) is 10.1 Å². The Balaban J connectivity index is 3.05. The summed E-state index contributed by atoms with van der Waals surface area (Å²) in [4.78, 5) is 21.8. The van der Waals surface area contributed by atoms with Crippen LogP contribution in [-0.4, -0.2) is 19.1 Å². The van der Waals surface area contributed by atoms with E-state index in [1.165, 1.54) is 25.3 Å². The number of urea groups is 1. The van der Waals surface area contributed by atoms with Crippen LogP contribution in [-0.2, 0) is 4.74 Å². The van der Waals surface area contributed by atoms with Crippen LogP contribution in [0, 0.1) is 0 Å². The maximum Gasteiger partial charge on any atom is 0.337 e. The first-order valence-corrected chi connectivity index (χ1v) is 4.36. The minimum atomic E-state index is -0.751. The highest BCUT2D eigenvalue weighted by atomic mass is 35.5. The quantitative estimate of drug-likeness (QED) is 0.755. The number of carbonyl (C=O) groups is 2. The molecule has 15 heavy (non-hydrogen) atoms. The summed E-state index contributed by atoms with van der Waals surface area (Å²) < 4.78 is 4.51. The van der Waals surface area contributed by atoms with E-state index in [-0.39, 0.29) is 11.3 Å². The first-order chi connectivity index (χ1) is 7.04. The van der Waals surface area contributed by atoms with Gasteiger partial charge in [-0.15, -0.1) is 0 Å². The van der Waals surface area contributed by atoms with Crippen molar-refractivity contribution < 1.29 is 14.3 Å². The van der Waals surface area contributed by atoms with E-state index < -0.39 is 12.0 Å². The highest BCUT2D eigenvalue weighted by Crippen LogP contribution is 2.23. The lowest BCUT2D eigenvalue weighted by molar-refractivity contribution is 0.0601. The standard InChI is InChI=1S/C9H9ClN2O3/c1-15-8(13)5-2-3-6(10)7(4-5)12-9(11)14/h2-4H,1H3,(H3,11,12,14). The first kappa shape index (κ1) is 11.3. The van der Waals surface area contributed by atoms with Crippen LogP contribution in [0.25, 0.3) is 0 Å². The van der Waals surface area contributed by atoms with Crippen molar-refractivity contribution in [1.82, 2.24) is 0 Å². The second-order valence-electron chi connectivity index (χ2n) is 2.68. The third-order valence-electron chi connectivity index (χ3n) is 1.65. The van der Waals surface area contributed by atoms with Crippen molar-refractivity contribution in [2.24, 2.45) is 5.73 Å². The van der Waals surface area contributed by atoms with Gasteiger partial charge >= 0.3 is 12.0 Å². The molecule has 0 atom stereocenters. The Morgan fingerprint density at radius 1 is 1.47 bits per heavy atom. The molecule has 6 heteroatoms. The largest absolute Gasteiger partial charge is 0.465 e. The number of benzene rings is 1. The van der Waals surface area contributed by atoms with Gasteiger partial charge in [-0.25, -0.2) is 9.59 Å². The smallest absolute Gasteiger partial charge is 0.337 e. The molecule has 0 saturated heterocycles. The highest BCUT2D eigenvalue weighted by Gasteiger charge is 2.09. The topological polar surface area (TPSA) is 81.4 Å². The van der Waals surface area contributed by atoms with E-state index in [1.807, 2.05) is 0 Å². The van der Waals surface area contributed by atoms with Gasteiger partial charge in [0.2, 0.25) is 0 Å². The molecular weight excluding hydrogens is 220 g/mol. The number of hydrogen-bond acceptors (Lipinski definition) is 3. The van der Waals surface area contributed by atoms with Crippen molar-refractivity contribution in [3.05, 3.63) is 28.8 Å². The average molecular weight is 229 g/mol. The highest BCUT2D eigenvalue weighted by molar-refractivity contribution is 6.33. The third kappa shape index (κ3) is 2.85. The number of halogens is 1. The molecule has 5 nitrogen and oxygen atoms in total. The molecule has 0 fully saturated rings. The lowest BCUT2D eigenvalue weighted by Crippen LogP contribution is -2.19. The van der Waals surface area contributed by atoms with Crippen LogP contribution >= 0.6 is 11.6 Å². The number of nitrogens with two attached hydrogens (primary N) is 1. The van der Waals surface area contributed by atoms with Crippen molar-refractivity contribution in [2.45, 2.75) is 0 Å². The number of amides is 2. The number of hydrogen-bond donors (Lipinski definition) is 2. The van der Waals surface area contributed by atoms with Gasteiger partial charge in [0, 0.05) is 0 Å². The summed E-state index contributed by atoms with van der Waals surface area (Å²) in [5, 5.41) is 2.58. The molecule has 0 radical (unpaired) electrons. The summed E-state index contributed by atoms with van der Waals surface area (Å²) in [6, 6.07) is 3.59. The van der Waals surface area contributed by atoms with Crippen LogP contribution in [0.15, 0.2) is 18.2 Å². The number of primary amides is 1. The lowest BCUT2D eigenvalue weighted by Gasteiger charge is -2.06. The van der Waals surface area contributed by atoms with Crippen molar-refractivity contribution in [3.63, 3.8) is 0 Å². The van der Waals surface area contributed by atoms with Crippen LogP contribution in [0.4, 0.5) is 10.5 Å². The molecular formula is C9H9ClN2O3. The van der Waals surface area contributed by atoms with Gasteiger partial charge in [-0.1, -0.05) is 11.6 Å². The van der Waals surface area contributed by atoms with E-state index in [4.69, 9.17) is 17.3 Å². The molecule has 0 bridgehead atoms. The monoisotopic (exact) mass is 228 g/mol. The fourth-order valence-electron chi connectivity index (χ4n) is 0.999. The molecule has 0 aliphatic carbocycles. The Morgan fingerprint density at radius 3 is 2.67 bits per heavy atom. The molecule has 3 N–H and O–H groups in total. The van der Waals surface area contributed by atoms with Gasteiger partial charge in [0.1, 0.15) is 0 Å².